The van der Waals surface area contributed by atoms with Crippen LogP contribution in [-0.2, 0) is 13.2 Å². The number of amides is 1. The SMILES string of the molecule is COc1ccc(C(=O)NCc2ccc(C)cc2)cc1COc1ccc(C)cc1. The van der Waals surface area contributed by atoms with Gasteiger partial charge in [0.25, 0.3) is 5.91 Å². The molecule has 0 saturated carbocycles. The first kappa shape index (κ1) is 19.5. The highest BCUT2D eigenvalue weighted by molar-refractivity contribution is 5.94. The number of rotatable bonds is 7. The van der Waals surface area contributed by atoms with Gasteiger partial charge in [0.05, 0.1) is 7.11 Å². The largest absolute Gasteiger partial charge is 0.496 e. The summed E-state index contributed by atoms with van der Waals surface area (Å²) in [5.74, 6) is 1.35. The molecule has 0 atom stereocenters. The Balaban J connectivity index is 1.67. The zero-order chi connectivity index (χ0) is 19.9. The summed E-state index contributed by atoms with van der Waals surface area (Å²) in [7, 11) is 1.61. The highest BCUT2D eigenvalue weighted by Gasteiger charge is 2.11. The second kappa shape index (κ2) is 9.09. The Hall–Kier alpha value is -3.27. The van der Waals surface area contributed by atoms with Crippen molar-refractivity contribution in [1.29, 1.82) is 0 Å². The Morgan fingerprint density at radius 3 is 2.18 bits per heavy atom. The lowest BCUT2D eigenvalue weighted by molar-refractivity contribution is 0.0950. The molecule has 1 N–H and O–H groups in total. The molecule has 0 aliphatic heterocycles. The van der Waals surface area contributed by atoms with Gasteiger partial charge in [-0.05, 0) is 49.7 Å². The summed E-state index contributed by atoms with van der Waals surface area (Å²) in [5.41, 5.74) is 4.84. The van der Waals surface area contributed by atoms with E-state index in [4.69, 9.17) is 9.47 Å². The Kier molecular flexibility index (Phi) is 6.33. The number of hydrogen-bond acceptors (Lipinski definition) is 3. The smallest absolute Gasteiger partial charge is 0.251 e. The second-order valence-corrected chi connectivity index (χ2v) is 6.80. The molecule has 3 rings (SSSR count). The molecule has 0 aromatic heterocycles. The minimum absolute atomic E-state index is 0.125. The fourth-order valence-electron chi connectivity index (χ4n) is 2.82. The molecule has 4 heteroatoms. The van der Waals surface area contributed by atoms with E-state index in [1.165, 1.54) is 11.1 Å². The summed E-state index contributed by atoms with van der Waals surface area (Å²) in [6.07, 6.45) is 0. The number of methoxy groups -OCH3 is 1. The lowest BCUT2D eigenvalue weighted by Gasteiger charge is -2.13. The van der Waals surface area contributed by atoms with E-state index in [0.717, 1.165) is 16.9 Å². The first-order valence-corrected chi connectivity index (χ1v) is 9.25. The van der Waals surface area contributed by atoms with Crippen molar-refractivity contribution in [2.45, 2.75) is 27.0 Å². The maximum absolute atomic E-state index is 12.6. The fourth-order valence-corrected chi connectivity index (χ4v) is 2.82. The predicted octanol–water partition coefficient (Wildman–Crippen LogP) is 4.82. The van der Waals surface area contributed by atoms with Crippen LogP contribution in [0.25, 0.3) is 0 Å². The molecule has 0 bridgehead atoms. The molecule has 28 heavy (non-hydrogen) atoms. The molecule has 0 fully saturated rings. The van der Waals surface area contributed by atoms with Crippen LogP contribution < -0.4 is 14.8 Å². The van der Waals surface area contributed by atoms with Gasteiger partial charge in [-0.25, -0.2) is 0 Å². The van der Waals surface area contributed by atoms with Crippen LogP contribution >= 0.6 is 0 Å². The van der Waals surface area contributed by atoms with E-state index in [2.05, 4.69) is 5.32 Å². The third kappa shape index (κ3) is 5.13. The Morgan fingerprint density at radius 2 is 1.54 bits per heavy atom. The van der Waals surface area contributed by atoms with Crippen molar-refractivity contribution in [2.75, 3.05) is 7.11 Å². The zero-order valence-electron chi connectivity index (χ0n) is 16.5. The number of carbonyl (C=O) groups excluding carboxylic acids is 1. The summed E-state index contributed by atoms with van der Waals surface area (Å²) in [6.45, 7) is 4.89. The number of benzene rings is 3. The van der Waals surface area contributed by atoms with Crippen molar-refractivity contribution in [2.24, 2.45) is 0 Å². The third-order valence-corrected chi connectivity index (χ3v) is 4.53. The van der Waals surface area contributed by atoms with E-state index in [9.17, 15) is 4.79 Å². The topological polar surface area (TPSA) is 47.6 Å². The van der Waals surface area contributed by atoms with Crippen molar-refractivity contribution in [3.8, 4) is 11.5 Å². The molecule has 0 aliphatic rings. The fraction of sp³-hybridized carbons (Fsp3) is 0.208. The maximum Gasteiger partial charge on any atom is 0.251 e. The van der Waals surface area contributed by atoms with Gasteiger partial charge in [0.2, 0.25) is 0 Å². The molecule has 0 radical (unpaired) electrons. The highest BCUT2D eigenvalue weighted by Crippen LogP contribution is 2.22. The van der Waals surface area contributed by atoms with E-state index < -0.39 is 0 Å². The minimum atomic E-state index is -0.125. The summed E-state index contributed by atoms with van der Waals surface area (Å²) < 4.78 is 11.3. The van der Waals surface area contributed by atoms with Crippen LogP contribution in [0.5, 0.6) is 11.5 Å². The molecule has 0 unspecified atom stereocenters. The van der Waals surface area contributed by atoms with Gasteiger partial charge in [0.15, 0.2) is 0 Å². The highest BCUT2D eigenvalue weighted by atomic mass is 16.5. The van der Waals surface area contributed by atoms with Crippen molar-refractivity contribution in [3.63, 3.8) is 0 Å². The third-order valence-electron chi connectivity index (χ3n) is 4.53. The Bertz CT molecular complexity index is 931. The molecule has 1 amide bonds. The van der Waals surface area contributed by atoms with Gasteiger partial charge in [-0.15, -0.1) is 0 Å². The Morgan fingerprint density at radius 1 is 0.893 bits per heavy atom. The molecular formula is C24H25NO3. The predicted molar refractivity (Wildman–Crippen MR) is 111 cm³/mol. The van der Waals surface area contributed by atoms with Gasteiger partial charge in [0, 0.05) is 17.7 Å². The van der Waals surface area contributed by atoms with Crippen LogP contribution in [0.1, 0.15) is 32.6 Å². The van der Waals surface area contributed by atoms with Gasteiger partial charge in [0.1, 0.15) is 18.1 Å². The lowest BCUT2D eigenvalue weighted by Crippen LogP contribution is -2.23. The monoisotopic (exact) mass is 375 g/mol. The number of ether oxygens (including phenoxy) is 2. The zero-order valence-corrected chi connectivity index (χ0v) is 16.5. The van der Waals surface area contributed by atoms with Crippen LogP contribution in [0.4, 0.5) is 0 Å². The van der Waals surface area contributed by atoms with Crippen LogP contribution in [0.2, 0.25) is 0 Å². The van der Waals surface area contributed by atoms with Crippen molar-refractivity contribution in [3.05, 3.63) is 94.5 Å². The molecule has 4 nitrogen and oxygen atoms in total. The summed E-state index contributed by atoms with van der Waals surface area (Å²) in [4.78, 5) is 12.6. The van der Waals surface area contributed by atoms with Gasteiger partial charge in [-0.3, -0.25) is 4.79 Å². The molecule has 0 saturated heterocycles. The van der Waals surface area contributed by atoms with E-state index >= 15 is 0 Å². The van der Waals surface area contributed by atoms with Crippen molar-refractivity contribution < 1.29 is 14.3 Å². The molecule has 3 aromatic carbocycles. The average molecular weight is 375 g/mol. The lowest BCUT2D eigenvalue weighted by atomic mass is 10.1. The minimum Gasteiger partial charge on any atom is -0.496 e. The normalized spacial score (nSPS) is 10.4. The first-order chi connectivity index (χ1) is 13.5. The molecule has 0 spiro atoms. The standard InChI is InChI=1S/C24H25NO3/c1-17-4-8-19(9-5-17)15-25-24(26)20-10-13-23(27-3)21(14-20)16-28-22-11-6-18(2)7-12-22/h4-14H,15-16H2,1-3H3,(H,25,26). The van der Waals surface area contributed by atoms with E-state index in [1.807, 2.05) is 68.4 Å². The molecule has 144 valence electrons. The van der Waals surface area contributed by atoms with Crippen LogP contribution in [0.3, 0.4) is 0 Å². The number of nitrogens with one attached hydrogen (secondary N) is 1. The second-order valence-electron chi connectivity index (χ2n) is 6.80. The quantitative estimate of drug-likeness (QED) is 0.644. The van der Waals surface area contributed by atoms with Gasteiger partial charge in [-0.1, -0.05) is 47.5 Å². The molecule has 3 aromatic rings. The van der Waals surface area contributed by atoms with Crippen LogP contribution in [0, 0.1) is 13.8 Å². The van der Waals surface area contributed by atoms with Crippen molar-refractivity contribution in [1.82, 2.24) is 5.32 Å². The van der Waals surface area contributed by atoms with E-state index in [1.54, 1.807) is 19.2 Å². The molecule has 0 heterocycles. The van der Waals surface area contributed by atoms with Gasteiger partial charge >= 0.3 is 0 Å². The number of carbonyl (C=O) groups is 1. The summed E-state index contributed by atoms with van der Waals surface area (Å²) >= 11 is 0. The summed E-state index contributed by atoms with van der Waals surface area (Å²) in [5, 5.41) is 2.96. The molecule has 0 aliphatic carbocycles. The number of aryl methyl sites for hydroxylation is 2. The first-order valence-electron chi connectivity index (χ1n) is 9.25. The van der Waals surface area contributed by atoms with Crippen molar-refractivity contribution >= 4 is 5.91 Å². The van der Waals surface area contributed by atoms with Gasteiger partial charge in [-0.2, -0.15) is 0 Å². The Labute approximate surface area is 166 Å². The summed E-state index contributed by atoms with van der Waals surface area (Å²) in [6, 6.07) is 21.4. The van der Waals surface area contributed by atoms with E-state index in [0.29, 0.717) is 24.5 Å². The van der Waals surface area contributed by atoms with Gasteiger partial charge < -0.3 is 14.8 Å². The maximum atomic E-state index is 12.6. The number of hydrogen-bond donors (Lipinski definition) is 1. The average Bonchev–Trinajstić information content (AvgIpc) is 2.72. The molecular weight excluding hydrogens is 350 g/mol. The van der Waals surface area contributed by atoms with Crippen LogP contribution in [-0.4, -0.2) is 13.0 Å². The van der Waals surface area contributed by atoms with E-state index in [-0.39, 0.29) is 5.91 Å². The van der Waals surface area contributed by atoms with Crippen LogP contribution in [0.15, 0.2) is 66.7 Å².